The van der Waals surface area contributed by atoms with Crippen molar-refractivity contribution in [2.45, 2.75) is 38.5 Å². The Bertz CT molecular complexity index is 908. The first kappa shape index (κ1) is 15.9. The largest absolute Gasteiger partial charge is 0.465 e. The number of hydrazone groups is 1. The highest BCUT2D eigenvalue weighted by molar-refractivity contribution is 8.27. The van der Waals surface area contributed by atoms with Gasteiger partial charge in [-0.1, -0.05) is 0 Å². The van der Waals surface area contributed by atoms with Gasteiger partial charge in [-0.2, -0.15) is 15.1 Å². The summed E-state index contributed by atoms with van der Waals surface area (Å²) < 4.78 is 5.30. The third-order valence-corrected chi connectivity index (χ3v) is 7.93. The van der Waals surface area contributed by atoms with Gasteiger partial charge in [0.25, 0.3) is 5.91 Å². The SMILES string of the molecule is N=C1/C(=C/c2ccco2)C(=O)N=C2SC(C34CC5CC(CC(C5)C3)C4)=NN12. The number of nitrogens with zero attached hydrogens (tertiary/aromatic N) is 3. The van der Waals surface area contributed by atoms with Gasteiger partial charge in [0.15, 0.2) is 5.84 Å². The van der Waals surface area contributed by atoms with Crippen LogP contribution in [0, 0.1) is 28.6 Å². The van der Waals surface area contributed by atoms with E-state index in [1.54, 1.807) is 29.5 Å². The Labute approximate surface area is 161 Å². The molecule has 0 radical (unpaired) electrons. The van der Waals surface area contributed by atoms with Gasteiger partial charge in [0.1, 0.15) is 10.8 Å². The van der Waals surface area contributed by atoms with E-state index < -0.39 is 5.91 Å². The number of furan rings is 1. The van der Waals surface area contributed by atoms with Crippen molar-refractivity contribution in [1.29, 1.82) is 5.41 Å². The number of rotatable bonds is 2. The maximum absolute atomic E-state index is 12.5. The van der Waals surface area contributed by atoms with Crippen LogP contribution in [0.4, 0.5) is 0 Å². The van der Waals surface area contributed by atoms with Crippen LogP contribution in [-0.2, 0) is 4.79 Å². The molecule has 4 fully saturated rings. The maximum atomic E-state index is 12.5. The molecule has 0 spiro atoms. The van der Waals surface area contributed by atoms with Gasteiger partial charge in [-0.05, 0) is 86.2 Å². The van der Waals surface area contributed by atoms with Crippen LogP contribution in [0.5, 0.6) is 0 Å². The van der Waals surface area contributed by atoms with Crippen LogP contribution in [0.3, 0.4) is 0 Å². The van der Waals surface area contributed by atoms with Crippen molar-refractivity contribution in [3.8, 4) is 0 Å². The van der Waals surface area contributed by atoms with E-state index in [2.05, 4.69) is 4.99 Å². The smallest absolute Gasteiger partial charge is 0.283 e. The molecule has 0 aromatic carbocycles. The van der Waals surface area contributed by atoms with Gasteiger partial charge < -0.3 is 4.42 Å². The Morgan fingerprint density at radius 3 is 2.56 bits per heavy atom. The molecular formula is C20H20N4O2S. The van der Waals surface area contributed by atoms with Gasteiger partial charge in [-0.25, -0.2) is 0 Å². The van der Waals surface area contributed by atoms with Crippen LogP contribution in [0.1, 0.15) is 44.3 Å². The van der Waals surface area contributed by atoms with E-state index in [4.69, 9.17) is 14.9 Å². The van der Waals surface area contributed by atoms with E-state index >= 15 is 0 Å². The molecule has 7 rings (SSSR count). The number of carbonyl (C=O) groups excluding carboxylic acids is 1. The Hall–Kier alpha value is -2.15. The van der Waals surface area contributed by atoms with Gasteiger partial charge in [-0.15, -0.1) is 0 Å². The van der Waals surface area contributed by atoms with Crippen LogP contribution < -0.4 is 0 Å². The summed E-state index contributed by atoms with van der Waals surface area (Å²) in [5.74, 6) is 2.73. The lowest BCUT2D eigenvalue weighted by Gasteiger charge is -2.56. The summed E-state index contributed by atoms with van der Waals surface area (Å²) >= 11 is 1.51. The average Bonchev–Trinajstić information content (AvgIpc) is 3.27. The lowest BCUT2D eigenvalue weighted by Crippen LogP contribution is -2.49. The van der Waals surface area contributed by atoms with Crippen LogP contribution >= 0.6 is 11.8 Å². The zero-order chi connectivity index (χ0) is 18.2. The molecule has 0 saturated heterocycles. The Balaban J connectivity index is 1.35. The number of amides is 1. The molecule has 1 aromatic rings. The number of carbonyl (C=O) groups is 1. The van der Waals surface area contributed by atoms with E-state index in [0.29, 0.717) is 10.9 Å². The van der Waals surface area contributed by atoms with Crippen LogP contribution in [0.15, 0.2) is 38.5 Å². The minimum Gasteiger partial charge on any atom is -0.465 e. The molecule has 6 nitrogen and oxygen atoms in total. The summed E-state index contributed by atoms with van der Waals surface area (Å²) in [4.78, 5) is 16.7. The second kappa shape index (κ2) is 5.44. The quantitative estimate of drug-likeness (QED) is 0.783. The van der Waals surface area contributed by atoms with Crippen molar-refractivity contribution in [3.05, 3.63) is 29.7 Å². The number of thioether (sulfide) groups is 1. The van der Waals surface area contributed by atoms with Crippen LogP contribution in [-0.4, -0.2) is 27.0 Å². The molecule has 2 aliphatic heterocycles. The lowest BCUT2D eigenvalue weighted by molar-refractivity contribution is -0.114. The van der Waals surface area contributed by atoms with Crippen molar-refractivity contribution in [1.82, 2.24) is 5.01 Å². The number of nitrogens with one attached hydrogen (secondary N) is 1. The van der Waals surface area contributed by atoms with E-state index in [9.17, 15) is 4.79 Å². The van der Waals surface area contributed by atoms with E-state index in [-0.39, 0.29) is 16.8 Å². The van der Waals surface area contributed by atoms with E-state index in [0.717, 1.165) is 22.8 Å². The summed E-state index contributed by atoms with van der Waals surface area (Å²) in [7, 11) is 0. The molecular weight excluding hydrogens is 360 g/mol. The minimum atomic E-state index is -0.392. The first-order valence-corrected chi connectivity index (χ1v) is 10.5. The predicted molar refractivity (Wildman–Crippen MR) is 104 cm³/mol. The molecule has 7 heteroatoms. The number of fused-ring (bicyclic) bond motifs is 1. The van der Waals surface area contributed by atoms with Gasteiger partial charge in [0, 0.05) is 5.41 Å². The highest BCUT2D eigenvalue weighted by atomic mass is 32.2. The molecule has 1 N–H and O–H groups in total. The van der Waals surface area contributed by atoms with Crippen molar-refractivity contribution in [2.24, 2.45) is 33.3 Å². The molecule has 4 bridgehead atoms. The summed E-state index contributed by atoms with van der Waals surface area (Å²) in [5.41, 5.74) is 0.373. The van der Waals surface area contributed by atoms with E-state index in [1.807, 2.05) is 0 Å². The topological polar surface area (TPSA) is 82.0 Å². The van der Waals surface area contributed by atoms with Gasteiger partial charge in [0.2, 0.25) is 5.17 Å². The highest BCUT2D eigenvalue weighted by Gasteiger charge is 2.55. The summed E-state index contributed by atoms with van der Waals surface area (Å²) in [5, 5.41) is 16.5. The summed E-state index contributed by atoms with van der Waals surface area (Å²) in [6.07, 6.45) is 10.9. The summed E-state index contributed by atoms with van der Waals surface area (Å²) in [6, 6.07) is 3.52. The first-order valence-electron chi connectivity index (χ1n) is 9.64. The Kier molecular flexibility index (Phi) is 3.20. The third kappa shape index (κ3) is 2.33. The normalized spacial score (nSPS) is 38.4. The molecule has 6 aliphatic rings. The number of amidine groups is 2. The van der Waals surface area contributed by atoms with Crippen LogP contribution in [0.2, 0.25) is 0 Å². The standard InChI is InChI=1S/C20H20N4O2S/c21-16-15(7-14-2-1-3-26-14)17(25)22-19-24(16)23-18(27-19)20-8-11-4-12(9-20)6-13(5-11)10-20/h1-3,7,11-13,21H,4-6,8-10H2/b15-7-,21-16?. The van der Waals surface area contributed by atoms with Crippen molar-refractivity contribution >= 4 is 39.8 Å². The van der Waals surface area contributed by atoms with E-state index in [1.165, 1.54) is 50.3 Å². The Morgan fingerprint density at radius 1 is 1.22 bits per heavy atom. The van der Waals surface area contributed by atoms with Gasteiger partial charge >= 0.3 is 0 Å². The zero-order valence-electron chi connectivity index (χ0n) is 14.9. The predicted octanol–water partition coefficient (Wildman–Crippen LogP) is 4.12. The number of hydrogen-bond acceptors (Lipinski definition) is 5. The second-order valence-electron chi connectivity index (χ2n) is 8.64. The molecule has 0 atom stereocenters. The molecule has 4 saturated carbocycles. The zero-order valence-corrected chi connectivity index (χ0v) is 15.7. The molecule has 27 heavy (non-hydrogen) atoms. The monoisotopic (exact) mass is 380 g/mol. The van der Waals surface area contributed by atoms with Crippen molar-refractivity contribution in [3.63, 3.8) is 0 Å². The highest BCUT2D eigenvalue weighted by Crippen LogP contribution is 2.62. The molecule has 138 valence electrons. The first-order chi connectivity index (χ1) is 13.1. The maximum Gasteiger partial charge on any atom is 0.283 e. The molecule has 0 unspecified atom stereocenters. The van der Waals surface area contributed by atoms with Gasteiger partial charge in [0.05, 0.1) is 11.8 Å². The van der Waals surface area contributed by atoms with Crippen LogP contribution in [0.25, 0.3) is 6.08 Å². The fraction of sp³-hybridized carbons (Fsp3) is 0.500. The fourth-order valence-electron chi connectivity index (χ4n) is 6.09. The second-order valence-corrected chi connectivity index (χ2v) is 9.59. The van der Waals surface area contributed by atoms with Crippen molar-refractivity contribution < 1.29 is 9.21 Å². The Morgan fingerprint density at radius 2 is 1.93 bits per heavy atom. The molecule has 1 aromatic heterocycles. The number of hydrogen-bond donors (Lipinski definition) is 1. The third-order valence-electron chi connectivity index (χ3n) is 6.78. The van der Waals surface area contributed by atoms with Gasteiger partial charge in [-0.3, -0.25) is 10.2 Å². The lowest BCUT2D eigenvalue weighted by atomic mass is 9.50. The number of aliphatic imine (C=N–C) groups is 1. The molecule has 4 aliphatic carbocycles. The minimum absolute atomic E-state index is 0.0913. The fourth-order valence-corrected chi connectivity index (χ4v) is 7.20. The summed E-state index contributed by atoms with van der Waals surface area (Å²) in [6.45, 7) is 0. The average molecular weight is 380 g/mol. The van der Waals surface area contributed by atoms with Crippen molar-refractivity contribution in [2.75, 3.05) is 0 Å². The molecule has 3 heterocycles. The molecule has 1 amide bonds.